The van der Waals surface area contributed by atoms with E-state index in [-0.39, 0.29) is 29.6 Å². The molecule has 2 amide bonds. The van der Waals surface area contributed by atoms with Crippen molar-refractivity contribution in [2.75, 3.05) is 5.32 Å². The lowest BCUT2D eigenvalue weighted by molar-refractivity contribution is -0.117. The highest BCUT2D eigenvalue weighted by Gasteiger charge is 2.30. The number of aromatic nitrogens is 4. The second-order valence-electron chi connectivity index (χ2n) is 9.55. The fraction of sp³-hybridized carbons (Fsp3) is 0.214. The average molecular weight is 497 g/mol. The molecule has 8 nitrogen and oxygen atoms in total. The smallest absolute Gasteiger partial charge is 0.253 e. The van der Waals surface area contributed by atoms with Gasteiger partial charge in [0, 0.05) is 36.3 Å². The zero-order chi connectivity index (χ0) is 25.7. The molecule has 0 radical (unpaired) electrons. The van der Waals surface area contributed by atoms with Crippen LogP contribution >= 0.6 is 0 Å². The van der Waals surface area contributed by atoms with Crippen molar-refractivity contribution in [1.29, 1.82) is 0 Å². The van der Waals surface area contributed by atoms with Gasteiger partial charge in [-0.25, -0.2) is 8.91 Å². The summed E-state index contributed by atoms with van der Waals surface area (Å²) in [6.45, 7) is 1.83. The van der Waals surface area contributed by atoms with Crippen LogP contribution in [0.2, 0.25) is 0 Å². The second kappa shape index (κ2) is 8.85. The Morgan fingerprint density at radius 2 is 1.89 bits per heavy atom. The van der Waals surface area contributed by atoms with Crippen LogP contribution in [0.4, 0.5) is 10.3 Å². The topological polar surface area (TPSA) is 93.3 Å². The number of amides is 2. The zero-order valence-electron chi connectivity index (χ0n) is 20.4. The van der Waals surface area contributed by atoms with Gasteiger partial charge in [-0.3, -0.25) is 14.9 Å². The lowest BCUT2D eigenvalue weighted by atomic mass is 10.0. The van der Waals surface area contributed by atoms with Crippen LogP contribution in [0.3, 0.4) is 0 Å². The second-order valence-corrected chi connectivity index (χ2v) is 9.55. The fourth-order valence-electron chi connectivity index (χ4n) is 4.56. The summed E-state index contributed by atoms with van der Waals surface area (Å²) in [5.74, 6) is -0.246. The summed E-state index contributed by atoms with van der Waals surface area (Å²) in [4.78, 5) is 29.8. The first-order chi connectivity index (χ1) is 17.9. The van der Waals surface area contributed by atoms with Crippen LogP contribution in [-0.4, -0.2) is 31.0 Å². The number of hydrogen-bond donors (Lipinski definition) is 2. The van der Waals surface area contributed by atoms with Gasteiger partial charge < -0.3 is 9.88 Å². The van der Waals surface area contributed by atoms with E-state index in [9.17, 15) is 14.0 Å². The number of hydrogen-bond acceptors (Lipinski definition) is 4. The zero-order valence-corrected chi connectivity index (χ0v) is 20.4. The Bertz CT molecular complexity index is 1680. The minimum Gasteiger partial charge on any atom is -0.350 e. The Balaban J connectivity index is 1.29. The third-order valence-electron chi connectivity index (χ3n) is 6.78. The van der Waals surface area contributed by atoms with Crippen LogP contribution in [0.1, 0.15) is 41.7 Å². The molecule has 1 atom stereocenters. The van der Waals surface area contributed by atoms with Gasteiger partial charge in [-0.15, -0.1) is 5.10 Å². The summed E-state index contributed by atoms with van der Waals surface area (Å²) >= 11 is 0. The number of carbonyl (C=O) groups excluding carboxylic acids is 2. The van der Waals surface area contributed by atoms with Gasteiger partial charge in [0.05, 0.1) is 11.6 Å². The largest absolute Gasteiger partial charge is 0.350 e. The Morgan fingerprint density at radius 3 is 2.68 bits per heavy atom. The molecule has 1 aliphatic carbocycles. The molecule has 0 unspecified atom stereocenters. The van der Waals surface area contributed by atoms with Crippen LogP contribution in [0.15, 0.2) is 67.0 Å². The molecule has 0 aliphatic heterocycles. The molecule has 37 heavy (non-hydrogen) atoms. The van der Waals surface area contributed by atoms with Crippen LogP contribution in [0, 0.1) is 11.7 Å². The molecule has 2 aromatic carbocycles. The van der Waals surface area contributed by atoms with Crippen molar-refractivity contribution in [3.05, 3.63) is 83.9 Å². The summed E-state index contributed by atoms with van der Waals surface area (Å²) in [6.07, 6.45) is 5.43. The quantitative estimate of drug-likeness (QED) is 0.351. The minimum atomic E-state index is -0.355. The number of anilines is 1. The average Bonchev–Trinajstić information content (AvgIpc) is 3.59. The predicted molar refractivity (Wildman–Crippen MR) is 139 cm³/mol. The molecular weight excluding hydrogens is 471 g/mol. The normalized spacial score (nSPS) is 14.1. The highest BCUT2D eigenvalue weighted by molar-refractivity contribution is 6.08. The maximum absolute atomic E-state index is 13.6. The highest BCUT2D eigenvalue weighted by Crippen LogP contribution is 2.31. The van der Waals surface area contributed by atoms with Gasteiger partial charge in [0.15, 0.2) is 5.65 Å². The molecule has 3 heterocycles. The van der Waals surface area contributed by atoms with Crippen molar-refractivity contribution in [3.63, 3.8) is 0 Å². The SMILES string of the molecule is C[C@H](NC(=O)c1cn(C)c2ccc(-c3ccn4nc(NC(=O)C5CC5)nc4c3)cc12)c1cccc(F)c1. The molecule has 0 bridgehead atoms. The molecule has 1 aliphatic rings. The van der Waals surface area contributed by atoms with Crippen molar-refractivity contribution in [3.8, 4) is 11.1 Å². The van der Waals surface area contributed by atoms with Gasteiger partial charge in [0.1, 0.15) is 5.82 Å². The van der Waals surface area contributed by atoms with E-state index in [2.05, 4.69) is 20.7 Å². The first kappa shape index (κ1) is 22.9. The molecular formula is C28H25FN6O2. The number of benzene rings is 2. The molecule has 2 N–H and O–H groups in total. The van der Waals surface area contributed by atoms with Gasteiger partial charge in [0.25, 0.3) is 5.91 Å². The summed E-state index contributed by atoms with van der Waals surface area (Å²) < 4.78 is 17.2. The van der Waals surface area contributed by atoms with Crippen molar-refractivity contribution in [1.82, 2.24) is 24.5 Å². The Kier molecular flexibility index (Phi) is 5.48. The molecule has 9 heteroatoms. The molecule has 3 aromatic heterocycles. The number of carbonyl (C=O) groups is 2. The van der Waals surface area contributed by atoms with Gasteiger partial charge in [-0.2, -0.15) is 4.98 Å². The first-order valence-corrected chi connectivity index (χ1v) is 12.2. The Labute approximate surface area is 212 Å². The van der Waals surface area contributed by atoms with Gasteiger partial charge in [-0.1, -0.05) is 18.2 Å². The van der Waals surface area contributed by atoms with Crippen LogP contribution in [-0.2, 0) is 11.8 Å². The van der Waals surface area contributed by atoms with E-state index < -0.39 is 0 Å². The maximum Gasteiger partial charge on any atom is 0.253 e. The van der Waals surface area contributed by atoms with Crippen molar-refractivity contribution in [2.45, 2.75) is 25.8 Å². The summed E-state index contributed by atoms with van der Waals surface area (Å²) in [5.41, 5.74) is 4.59. The molecule has 1 saturated carbocycles. The number of pyridine rings is 1. The Hall–Kier alpha value is -4.53. The summed E-state index contributed by atoms with van der Waals surface area (Å²) in [5, 5.41) is 10.9. The summed E-state index contributed by atoms with van der Waals surface area (Å²) in [6, 6.07) is 15.7. The standard InChI is InChI=1S/C28H25FN6O2/c1-16(18-4-3-5-21(29)12-18)30-27(37)23-15-34(2)24-9-8-19(13-22(23)24)20-10-11-35-25(14-20)31-28(33-35)32-26(36)17-6-7-17/h3-5,8-17H,6-7H2,1-2H3,(H,30,37)(H,32,33,36)/t16-/m0/s1. The third-order valence-corrected chi connectivity index (χ3v) is 6.78. The number of aryl methyl sites for hydroxylation is 1. The fourth-order valence-corrected chi connectivity index (χ4v) is 4.56. The molecule has 6 rings (SSSR count). The number of fused-ring (bicyclic) bond motifs is 2. The van der Waals surface area contributed by atoms with Gasteiger partial charge >= 0.3 is 0 Å². The third kappa shape index (κ3) is 4.44. The van der Waals surface area contributed by atoms with Crippen LogP contribution in [0.25, 0.3) is 27.7 Å². The summed E-state index contributed by atoms with van der Waals surface area (Å²) in [7, 11) is 1.90. The van der Waals surface area contributed by atoms with E-state index >= 15 is 0 Å². The van der Waals surface area contributed by atoms with Gasteiger partial charge in [-0.05, 0) is 72.9 Å². The van der Waals surface area contributed by atoms with Crippen LogP contribution < -0.4 is 10.6 Å². The molecule has 0 spiro atoms. The maximum atomic E-state index is 13.6. The number of nitrogens with one attached hydrogen (secondary N) is 2. The molecule has 0 saturated heterocycles. The lowest BCUT2D eigenvalue weighted by Crippen LogP contribution is -2.26. The monoisotopic (exact) mass is 496 g/mol. The number of rotatable bonds is 6. The van der Waals surface area contributed by atoms with Crippen molar-refractivity contribution < 1.29 is 14.0 Å². The number of nitrogens with zero attached hydrogens (tertiary/aromatic N) is 4. The first-order valence-electron chi connectivity index (χ1n) is 12.2. The van der Waals surface area contributed by atoms with Crippen molar-refractivity contribution in [2.24, 2.45) is 13.0 Å². The van der Waals surface area contributed by atoms with E-state index in [1.54, 1.807) is 29.0 Å². The van der Waals surface area contributed by atoms with E-state index in [1.807, 2.05) is 48.9 Å². The predicted octanol–water partition coefficient (Wildman–Crippen LogP) is 4.87. The van der Waals surface area contributed by atoms with Crippen LogP contribution in [0.5, 0.6) is 0 Å². The highest BCUT2D eigenvalue weighted by atomic mass is 19.1. The van der Waals surface area contributed by atoms with E-state index in [0.717, 1.165) is 34.9 Å². The van der Waals surface area contributed by atoms with Gasteiger partial charge in [0.2, 0.25) is 11.9 Å². The molecule has 186 valence electrons. The lowest BCUT2D eigenvalue weighted by Gasteiger charge is -2.14. The minimum absolute atomic E-state index is 0.0387. The molecule has 1 fully saturated rings. The van der Waals surface area contributed by atoms with Crippen molar-refractivity contribution >= 4 is 34.3 Å². The van der Waals surface area contributed by atoms with E-state index in [4.69, 9.17) is 0 Å². The van der Waals surface area contributed by atoms with E-state index in [0.29, 0.717) is 22.7 Å². The molecule has 5 aromatic rings. The number of halogens is 1. The Morgan fingerprint density at radius 1 is 1.08 bits per heavy atom. The van der Waals surface area contributed by atoms with E-state index in [1.165, 1.54) is 12.1 Å².